The molecule has 0 fully saturated rings. The molecule has 0 spiro atoms. The Balaban J connectivity index is 2.26. The number of nitrogens with zero attached hydrogens (tertiary/aromatic N) is 3. The number of aliphatic hydroxyl groups is 1. The maximum atomic E-state index is 12.1. The molecule has 2 aromatic rings. The molecule has 0 radical (unpaired) electrons. The number of fused-ring (bicyclic) bond motifs is 1. The van der Waals surface area contributed by atoms with E-state index in [1.54, 1.807) is 43.3 Å². The summed E-state index contributed by atoms with van der Waals surface area (Å²) in [6, 6.07) is 11.8. The Kier molecular flexibility index (Phi) is 5.95. The van der Waals surface area contributed by atoms with Gasteiger partial charge in [0, 0.05) is 5.56 Å². The summed E-state index contributed by atoms with van der Waals surface area (Å²) in [6.07, 6.45) is -1.56. The van der Waals surface area contributed by atoms with Gasteiger partial charge < -0.3 is 15.2 Å². The number of benzene rings is 1. The summed E-state index contributed by atoms with van der Waals surface area (Å²) in [7, 11) is 0. The molecule has 0 aliphatic carbocycles. The van der Waals surface area contributed by atoms with Crippen molar-refractivity contribution in [1.82, 2.24) is 4.98 Å². The van der Waals surface area contributed by atoms with Gasteiger partial charge in [0.25, 0.3) is 0 Å². The van der Waals surface area contributed by atoms with Crippen molar-refractivity contribution in [3.05, 3.63) is 69.1 Å². The van der Waals surface area contributed by atoms with Gasteiger partial charge in [0.15, 0.2) is 11.8 Å². The molecule has 1 aromatic carbocycles. The number of hydrogen-bond acceptors (Lipinski definition) is 7. The Morgan fingerprint density at radius 2 is 2.07 bits per heavy atom. The number of nitrogens with one attached hydrogen (secondary N) is 1. The smallest absolute Gasteiger partial charge is 0.350 e. The molecule has 2 N–H and O–H groups in total. The predicted octanol–water partition coefficient (Wildman–Crippen LogP) is 3.31. The number of anilines is 1. The van der Waals surface area contributed by atoms with Crippen LogP contribution in [0.1, 0.15) is 18.2 Å². The van der Waals surface area contributed by atoms with Crippen molar-refractivity contribution in [2.45, 2.75) is 13.2 Å². The molecule has 28 heavy (non-hydrogen) atoms. The highest BCUT2D eigenvalue weighted by Crippen LogP contribution is 2.30. The maximum absolute atomic E-state index is 12.1. The lowest BCUT2D eigenvalue weighted by Crippen LogP contribution is -2.21. The molecule has 1 atom stereocenters. The lowest BCUT2D eigenvalue weighted by atomic mass is 10.1. The van der Waals surface area contributed by atoms with Crippen LogP contribution in [0, 0.1) is 11.3 Å². The Labute approximate surface area is 170 Å². The van der Waals surface area contributed by atoms with Crippen LogP contribution in [0.2, 0.25) is 10.2 Å². The van der Waals surface area contributed by atoms with Gasteiger partial charge in [-0.15, -0.1) is 0 Å². The van der Waals surface area contributed by atoms with E-state index in [4.69, 9.17) is 27.9 Å². The average Bonchev–Trinajstić information content (AvgIpc) is 2.80. The number of nitriles is 1. The second-order valence-corrected chi connectivity index (χ2v) is 6.40. The lowest BCUT2D eigenvalue weighted by molar-refractivity contribution is -0.138. The van der Waals surface area contributed by atoms with Crippen molar-refractivity contribution in [2.24, 2.45) is 4.99 Å². The van der Waals surface area contributed by atoms with E-state index in [1.807, 2.05) is 0 Å². The second-order valence-electron chi connectivity index (χ2n) is 5.61. The Morgan fingerprint density at radius 3 is 2.75 bits per heavy atom. The number of aromatic nitrogens is 1. The molecule has 1 aliphatic rings. The van der Waals surface area contributed by atoms with Gasteiger partial charge in [-0.3, -0.25) is 0 Å². The zero-order chi connectivity index (χ0) is 20.3. The van der Waals surface area contributed by atoms with Crippen LogP contribution in [0.3, 0.4) is 0 Å². The Hall–Kier alpha value is -2.92. The molecule has 0 bridgehead atoms. The largest absolute Gasteiger partial charge is 0.462 e. The average molecular weight is 417 g/mol. The van der Waals surface area contributed by atoms with E-state index >= 15 is 0 Å². The van der Waals surface area contributed by atoms with Crippen molar-refractivity contribution in [3.63, 3.8) is 0 Å². The first-order chi connectivity index (χ1) is 13.5. The van der Waals surface area contributed by atoms with E-state index in [0.29, 0.717) is 22.0 Å². The zero-order valence-electron chi connectivity index (χ0n) is 14.6. The van der Waals surface area contributed by atoms with Crippen LogP contribution < -0.4 is 5.32 Å². The quantitative estimate of drug-likeness (QED) is 0.343. The number of aliphatic imine (C=N–C) groups is 1. The van der Waals surface area contributed by atoms with Gasteiger partial charge in [0.1, 0.15) is 16.9 Å². The first kappa shape index (κ1) is 19.8. The highest BCUT2D eigenvalue weighted by molar-refractivity contribution is 6.36. The monoisotopic (exact) mass is 416 g/mol. The van der Waals surface area contributed by atoms with E-state index in [9.17, 15) is 15.2 Å². The van der Waals surface area contributed by atoms with Gasteiger partial charge in [-0.05, 0) is 25.1 Å². The number of ether oxygens (including phenoxy) is 1. The third-order valence-electron chi connectivity index (χ3n) is 3.85. The highest BCUT2D eigenvalue weighted by atomic mass is 35.5. The molecule has 7 nitrogen and oxygen atoms in total. The predicted molar refractivity (Wildman–Crippen MR) is 105 cm³/mol. The minimum absolute atomic E-state index is 0.0787. The Morgan fingerprint density at radius 1 is 1.32 bits per heavy atom. The van der Waals surface area contributed by atoms with E-state index in [0.717, 1.165) is 0 Å². The fourth-order valence-electron chi connectivity index (χ4n) is 2.64. The summed E-state index contributed by atoms with van der Waals surface area (Å²) in [6.45, 7) is 1.69. The van der Waals surface area contributed by atoms with E-state index in [-0.39, 0.29) is 28.7 Å². The minimum atomic E-state index is -1.56. The molecule has 3 rings (SSSR count). The van der Waals surface area contributed by atoms with Crippen LogP contribution in [0.5, 0.6) is 0 Å². The standard InChI is InChI=1S/C19H14Cl2N4O3/c1-2-28-19(27)11(9-22)16-18(26)25-15(10-5-3-4-6-12(10)20)17-13(23-16)7-8-14(21)24-17/h3-8,18,23,26H,2H2,1H3/b16-11-. The number of rotatable bonds is 3. The van der Waals surface area contributed by atoms with Gasteiger partial charge in [0.05, 0.1) is 28.7 Å². The van der Waals surface area contributed by atoms with Crippen LogP contribution in [0.4, 0.5) is 5.69 Å². The van der Waals surface area contributed by atoms with Gasteiger partial charge in [-0.2, -0.15) is 5.26 Å². The number of carbonyl (C=O) groups is 1. The first-order valence-corrected chi connectivity index (χ1v) is 8.98. The zero-order valence-corrected chi connectivity index (χ0v) is 16.1. The number of hydrogen-bond donors (Lipinski definition) is 2. The fraction of sp³-hybridized carbons (Fsp3) is 0.158. The third-order valence-corrected chi connectivity index (χ3v) is 4.39. The molecule has 0 amide bonds. The normalized spacial score (nSPS) is 17.4. The number of pyridine rings is 1. The summed E-state index contributed by atoms with van der Waals surface area (Å²) >= 11 is 12.3. The number of halogens is 2. The van der Waals surface area contributed by atoms with Gasteiger partial charge in [-0.1, -0.05) is 41.4 Å². The van der Waals surface area contributed by atoms with Crippen molar-refractivity contribution >= 4 is 40.6 Å². The van der Waals surface area contributed by atoms with Crippen LogP contribution >= 0.6 is 23.2 Å². The summed E-state index contributed by atoms with van der Waals surface area (Å²) in [5.41, 5.74) is 0.978. The van der Waals surface area contributed by atoms with Crippen molar-refractivity contribution < 1.29 is 14.6 Å². The van der Waals surface area contributed by atoms with E-state index in [1.165, 1.54) is 6.07 Å². The first-order valence-electron chi connectivity index (χ1n) is 8.22. The van der Waals surface area contributed by atoms with Crippen molar-refractivity contribution in [3.8, 4) is 6.07 Å². The van der Waals surface area contributed by atoms with E-state index in [2.05, 4.69) is 15.3 Å². The summed E-state index contributed by atoms with van der Waals surface area (Å²) < 4.78 is 4.90. The maximum Gasteiger partial charge on any atom is 0.350 e. The van der Waals surface area contributed by atoms with Gasteiger partial charge in [-0.25, -0.2) is 14.8 Å². The summed E-state index contributed by atoms with van der Waals surface area (Å²) in [5, 5.41) is 23.6. The van der Waals surface area contributed by atoms with Crippen molar-refractivity contribution in [2.75, 3.05) is 11.9 Å². The molecule has 9 heteroatoms. The molecule has 1 aromatic heterocycles. The molecule has 0 saturated carbocycles. The highest BCUT2D eigenvalue weighted by Gasteiger charge is 2.29. The minimum Gasteiger partial charge on any atom is -0.462 e. The molecule has 1 aliphatic heterocycles. The number of carbonyl (C=O) groups excluding carboxylic acids is 1. The van der Waals surface area contributed by atoms with Crippen molar-refractivity contribution in [1.29, 1.82) is 5.26 Å². The summed E-state index contributed by atoms with van der Waals surface area (Å²) in [5.74, 6) is -0.869. The second kappa shape index (κ2) is 8.40. The summed E-state index contributed by atoms with van der Waals surface area (Å²) in [4.78, 5) is 20.7. The molecule has 142 valence electrons. The van der Waals surface area contributed by atoms with Crippen LogP contribution in [0.15, 0.2) is 52.7 Å². The molecule has 0 saturated heterocycles. The Bertz CT molecular complexity index is 1040. The number of esters is 1. The number of aliphatic hydroxyl groups excluding tert-OH is 1. The molecule has 1 unspecified atom stereocenters. The van der Waals surface area contributed by atoms with Crippen LogP contribution in [-0.2, 0) is 9.53 Å². The van der Waals surface area contributed by atoms with Crippen LogP contribution in [-0.4, -0.2) is 34.6 Å². The lowest BCUT2D eigenvalue weighted by Gasteiger charge is -2.13. The van der Waals surface area contributed by atoms with Crippen LogP contribution in [0.25, 0.3) is 0 Å². The third kappa shape index (κ3) is 3.85. The topological polar surface area (TPSA) is 108 Å². The molecular formula is C19H14Cl2N4O3. The van der Waals surface area contributed by atoms with E-state index < -0.39 is 12.2 Å². The fourth-order valence-corrected chi connectivity index (χ4v) is 3.01. The van der Waals surface area contributed by atoms with Gasteiger partial charge in [0.2, 0.25) is 0 Å². The van der Waals surface area contributed by atoms with Gasteiger partial charge >= 0.3 is 5.97 Å². The SMILES string of the molecule is CCOC(=O)/C(C#N)=C1\Nc2ccc(Cl)nc2C(c2ccccc2Cl)=NC1O. The molecule has 2 heterocycles. The molecular weight excluding hydrogens is 403 g/mol.